The van der Waals surface area contributed by atoms with Crippen LogP contribution < -0.4 is 10.6 Å². The normalized spacial score (nSPS) is 19.6. The molecule has 14 heteroatoms. The molecule has 0 bridgehead atoms. The van der Waals surface area contributed by atoms with Crippen LogP contribution in [0.2, 0.25) is 0 Å². The molecule has 4 aromatic rings. The van der Waals surface area contributed by atoms with Crippen LogP contribution in [-0.2, 0) is 6.18 Å². The van der Waals surface area contributed by atoms with Crippen LogP contribution >= 0.6 is 0 Å². The summed E-state index contributed by atoms with van der Waals surface area (Å²) in [5, 5.41) is 14.7. The average molecular weight is 593 g/mol. The van der Waals surface area contributed by atoms with Crippen LogP contribution in [0.4, 0.5) is 24.5 Å². The van der Waals surface area contributed by atoms with Gasteiger partial charge in [0.2, 0.25) is 0 Å². The Morgan fingerprint density at radius 2 is 1.79 bits per heavy atom. The van der Waals surface area contributed by atoms with Crippen molar-refractivity contribution in [2.45, 2.75) is 38.0 Å². The van der Waals surface area contributed by atoms with E-state index >= 15 is 0 Å². The molecule has 1 saturated heterocycles. The first-order valence-electron chi connectivity index (χ1n) is 14.0. The van der Waals surface area contributed by atoms with Crippen molar-refractivity contribution in [3.63, 3.8) is 0 Å². The number of nitrogens with zero attached hydrogens (tertiary/aromatic N) is 8. The Morgan fingerprint density at radius 3 is 2.56 bits per heavy atom. The second-order valence-corrected chi connectivity index (χ2v) is 11.0. The average Bonchev–Trinajstić information content (AvgIpc) is 3.46. The van der Waals surface area contributed by atoms with E-state index in [1.54, 1.807) is 31.6 Å². The smallest absolute Gasteiger partial charge is 0.381 e. The van der Waals surface area contributed by atoms with Gasteiger partial charge in [0.25, 0.3) is 5.91 Å². The first-order chi connectivity index (χ1) is 20.6. The SMILES string of the molecule is Cc1ncc(NC(=O)c2cc(C(F)(F)F)ccn2)cc1-n1cc(-c2cncc(NC3CC(N4CCN(C)CC4)C3)c2)nn1. The van der Waals surface area contributed by atoms with Crippen LogP contribution in [-0.4, -0.2) is 91.0 Å². The van der Waals surface area contributed by atoms with Gasteiger partial charge in [0, 0.05) is 62.4 Å². The van der Waals surface area contributed by atoms with Crippen LogP contribution in [0.1, 0.15) is 34.6 Å². The van der Waals surface area contributed by atoms with Crippen LogP contribution in [0.25, 0.3) is 16.9 Å². The summed E-state index contributed by atoms with van der Waals surface area (Å²) < 4.78 is 40.7. The molecule has 0 unspecified atom stereocenters. The van der Waals surface area contributed by atoms with Crippen molar-refractivity contribution in [1.29, 1.82) is 0 Å². The third-order valence-corrected chi connectivity index (χ3v) is 7.95. The number of hydrogen-bond donors (Lipinski definition) is 2. The number of hydrogen-bond acceptors (Lipinski definition) is 9. The molecule has 1 aliphatic carbocycles. The van der Waals surface area contributed by atoms with Crippen molar-refractivity contribution in [2.75, 3.05) is 43.9 Å². The molecular weight excluding hydrogens is 561 g/mol. The van der Waals surface area contributed by atoms with Crippen LogP contribution in [0, 0.1) is 6.92 Å². The Balaban J connectivity index is 1.11. The summed E-state index contributed by atoms with van der Waals surface area (Å²) in [6.07, 6.45) is 5.24. The summed E-state index contributed by atoms with van der Waals surface area (Å²) in [5.41, 5.74) is 2.41. The van der Waals surface area contributed by atoms with Crippen molar-refractivity contribution < 1.29 is 18.0 Å². The minimum atomic E-state index is -4.59. The van der Waals surface area contributed by atoms with Gasteiger partial charge in [-0.1, -0.05) is 5.21 Å². The van der Waals surface area contributed by atoms with Crippen molar-refractivity contribution in [2.24, 2.45) is 0 Å². The number of anilines is 2. The summed E-state index contributed by atoms with van der Waals surface area (Å²) in [6, 6.07) is 6.15. The Kier molecular flexibility index (Phi) is 7.79. The molecule has 0 radical (unpaired) electrons. The Morgan fingerprint density at radius 1 is 1.00 bits per heavy atom. The first kappa shape index (κ1) is 28.7. The molecule has 4 aromatic heterocycles. The van der Waals surface area contributed by atoms with E-state index in [9.17, 15) is 18.0 Å². The Bertz CT molecular complexity index is 1610. The minimum Gasteiger partial charge on any atom is -0.381 e. The maximum atomic E-state index is 13.1. The lowest BCUT2D eigenvalue weighted by molar-refractivity contribution is -0.137. The molecule has 43 heavy (non-hydrogen) atoms. The molecule has 1 saturated carbocycles. The number of rotatable bonds is 7. The Hall–Kier alpha value is -4.43. The van der Waals surface area contributed by atoms with E-state index in [0.717, 1.165) is 62.5 Å². The van der Waals surface area contributed by atoms with Gasteiger partial charge < -0.3 is 15.5 Å². The second kappa shape index (κ2) is 11.7. The maximum absolute atomic E-state index is 13.1. The zero-order chi connectivity index (χ0) is 30.1. The number of amides is 1. The molecule has 6 rings (SSSR count). The number of likely N-dealkylation sites (N-methyl/N-ethyl adjacent to an activating group) is 1. The highest BCUT2D eigenvalue weighted by Crippen LogP contribution is 2.31. The van der Waals surface area contributed by atoms with Gasteiger partial charge in [-0.2, -0.15) is 13.2 Å². The summed E-state index contributed by atoms with van der Waals surface area (Å²) in [4.78, 5) is 30.1. The highest BCUT2D eigenvalue weighted by Gasteiger charge is 2.35. The number of carbonyl (C=O) groups is 1. The summed E-state index contributed by atoms with van der Waals surface area (Å²) in [6.45, 7) is 6.26. The third kappa shape index (κ3) is 6.49. The number of carbonyl (C=O) groups excluding carboxylic acids is 1. The fraction of sp³-hybridized carbons (Fsp3) is 0.379. The van der Waals surface area contributed by atoms with Gasteiger partial charge in [0.15, 0.2) is 0 Å². The van der Waals surface area contributed by atoms with E-state index in [0.29, 0.717) is 35.2 Å². The molecule has 2 N–H and O–H groups in total. The topological polar surface area (TPSA) is 117 Å². The fourth-order valence-corrected chi connectivity index (χ4v) is 5.35. The predicted octanol–water partition coefficient (Wildman–Crippen LogP) is 3.89. The minimum absolute atomic E-state index is 0.269. The molecule has 2 aliphatic rings. The van der Waals surface area contributed by atoms with E-state index in [4.69, 9.17) is 0 Å². The molecule has 0 atom stereocenters. The lowest BCUT2D eigenvalue weighted by atomic mass is 9.85. The number of alkyl halides is 3. The number of nitrogens with one attached hydrogen (secondary N) is 2. The van der Waals surface area contributed by atoms with Crippen molar-refractivity contribution in [1.82, 2.24) is 39.7 Å². The van der Waals surface area contributed by atoms with E-state index in [1.807, 2.05) is 6.07 Å². The first-order valence-corrected chi connectivity index (χ1v) is 14.0. The molecule has 224 valence electrons. The van der Waals surface area contributed by atoms with Gasteiger partial charge in [0.1, 0.15) is 11.4 Å². The third-order valence-electron chi connectivity index (χ3n) is 7.95. The predicted molar refractivity (Wildman–Crippen MR) is 154 cm³/mol. The maximum Gasteiger partial charge on any atom is 0.416 e. The molecule has 5 heterocycles. The van der Waals surface area contributed by atoms with Gasteiger partial charge in [-0.25, -0.2) is 4.68 Å². The van der Waals surface area contributed by atoms with Gasteiger partial charge in [0.05, 0.1) is 40.7 Å². The van der Waals surface area contributed by atoms with Gasteiger partial charge in [-0.05, 0) is 51.1 Å². The highest BCUT2D eigenvalue weighted by atomic mass is 19.4. The number of pyridine rings is 3. The van der Waals surface area contributed by atoms with E-state index < -0.39 is 17.6 Å². The lowest BCUT2D eigenvalue weighted by Gasteiger charge is -2.46. The molecule has 0 aromatic carbocycles. The Labute approximate surface area is 246 Å². The van der Waals surface area contributed by atoms with E-state index in [1.165, 1.54) is 10.9 Å². The fourth-order valence-electron chi connectivity index (χ4n) is 5.35. The number of halogens is 3. The van der Waals surface area contributed by atoms with E-state index in [2.05, 4.69) is 52.7 Å². The summed E-state index contributed by atoms with van der Waals surface area (Å²) in [7, 11) is 2.17. The van der Waals surface area contributed by atoms with E-state index in [-0.39, 0.29) is 11.4 Å². The number of aromatic nitrogens is 6. The van der Waals surface area contributed by atoms with Crippen LogP contribution in [0.5, 0.6) is 0 Å². The largest absolute Gasteiger partial charge is 0.416 e. The molecule has 11 nitrogen and oxygen atoms in total. The van der Waals surface area contributed by atoms with Crippen molar-refractivity contribution in [3.8, 4) is 16.9 Å². The quantitative estimate of drug-likeness (QED) is 0.330. The zero-order valence-corrected chi connectivity index (χ0v) is 23.7. The van der Waals surface area contributed by atoms with Gasteiger partial charge in [-0.15, -0.1) is 5.10 Å². The van der Waals surface area contributed by atoms with Gasteiger partial charge >= 0.3 is 6.18 Å². The zero-order valence-electron chi connectivity index (χ0n) is 23.7. The monoisotopic (exact) mass is 592 g/mol. The van der Waals surface area contributed by atoms with Crippen LogP contribution in [0.15, 0.2) is 55.2 Å². The van der Waals surface area contributed by atoms with Gasteiger partial charge in [-0.3, -0.25) is 24.6 Å². The molecule has 1 amide bonds. The molecule has 1 aliphatic heterocycles. The summed E-state index contributed by atoms with van der Waals surface area (Å²) in [5.74, 6) is -0.793. The molecule has 2 fully saturated rings. The summed E-state index contributed by atoms with van der Waals surface area (Å²) >= 11 is 0. The molecule has 0 spiro atoms. The highest BCUT2D eigenvalue weighted by molar-refractivity contribution is 6.03. The number of piperazine rings is 1. The standard InChI is InChI=1S/C29H31F3N10O/c1-18-27(13-23(16-35-18)37-28(43)25-10-20(3-4-34-25)29(30,31)32)42-17-26(38-39-42)19-9-22(15-33-14-19)36-21-11-24(12-21)41-7-5-40(2)6-8-41/h3-4,9-10,13-17,21,24,36H,5-8,11-12H2,1-2H3,(H,37,43). The second-order valence-electron chi connectivity index (χ2n) is 11.0. The molecular formula is C29H31F3N10O. The lowest BCUT2D eigenvalue weighted by Crippen LogP contribution is -2.55. The number of aryl methyl sites for hydroxylation is 1. The van der Waals surface area contributed by atoms with Crippen molar-refractivity contribution >= 4 is 17.3 Å². The van der Waals surface area contributed by atoms with Crippen molar-refractivity contribution in [3.05, 3.63) is 72.2 Å². The van der Waals surface area contributed by atoms with Crippen LogP contribution in [0.3, 0.4) is 0 Å².